The maximum atomic E-state index is 13.3. The summed E-state index contributed by atoms with van der Waals surface area (Å²) in [6.07, 6.45) is -2.55. The van der Waals surface area contributed by atoms with E-state index in [9.17, 15) is 18.3 Å². The van der Waals surface area contributed by atoms with Gasteiger partial charge in [0.05, 0.1) is 0 Å². The number of hydrogen-bond acceptors (Lipinski definition) is 1. The zero-order valence-electron chi connectivity index (χ0n) is 10.4. The molecule has 2 N–H and O–H groups in total. The second kappa shape index (κ2) is 3.76. The normalized spacial score (nSPS) is 19.6. The standard InChI is InChI=1S/C14H14F3NO/c1-8-2-5-12-10(6-8)11(7-18-12)13(19,9-3-4-9)14(15,16)17/h2,5-7,9,18-19H,3-4H2,1H3. The third-order valence-corrected chi connectivity index (χ3v) is 3.85. The van der Waals surface area contributed by atoms with Gasteiger partial charge >= 0.3 is 6.18 Å². The zero-order chi connectivity index (χ0) is 13.8. The zero-order valence-corrected chi connectivity index (χ0v) is 10.4. The summed E-state index contributed by atoms with van der Waals surface area (Å²) in [7, 11) is 0. The maximum absolute atomic E-state index is 13.3. The third-order valence-electron chi connectivity index (χ3n) is 3.85. The molecule has 0 radical (unpaired) electrons. The fourth-order valence-electron chi connectivity index (χ4n) is 2.65. The summed E-state index contributed by atoms with van der Waals surface area (Å²) in [5, 5.41) is 10.7. The Hall–Kier alpha value is -1.49. The van der Waals surface area contributed by atoms with Crippen molar-refractivity contribution >= 4 is 10.9 Å². The Morgan fingerprint density at radius 1 is 1.26 bits per heavy atom. The number of aromatic amines is 1. The van der Waals surface area contributed by atoms with E-state index in [1.54, 1.807) is 12.1 Å². The number of aryl methyl sites for hydroxylation is 1. The van der Waals surface area contributed by atoms with Crippen LogP contribution in [0.1, 0.15) is 24.0 Å². The molecule has 19 heavy (non-hydrogen) atoms. The van der Waals surface area contributed by atoms with Crippen LogP contribution in [0.5, 0.6) is 0 Å². The minimum Gasteiger partial charge on any atom is -0.376 e. The molecule has 2 aromatic rings. The van der Waals surface area contributed by atoms with Gasteiger partial charge in [-0.15, -0.1) is 0 Å². The smallest absolute Gasteiger partial charge is 0.376 e. The highest BCUT2D eigenvalue weighted by molar-refractivity contribution is 5.85. The van der Waals surface area contributed by atoms with Gasteiger partial charge in [0.25, 0.3) is 0 Å². The van der Waals surface area contributed by atoms with E-state index in [0.29, 0.717) is 23.7 Å². The molecule has 1 unspecified atom stereocenters. The summed E-state index contributed by atoms with van der Waals surface area (Å²) in [6, 6.07) is 5.24. The van der Waals surface area contributed by atoms with Gasteiger partial charge in [-0.3, -0.25) is 0 Å². The lowest BCUT2D eigenvalue weighted by Gasteiger charge is -2.30. The molecule has 1 aliphatic rings. The maximum Gasteiger partial charge on any atom is 0.421 e. The Balaban J connectivity index is 2.24. The number of H-pyrrole nitrogens is 1. The Kier molecular flexibility index (Phi) is 2.48. The van der Waals surface area contributed by atoms with Crippen molar-refractivity contribution in [1.29, 1.82) is 0 Å². The highest BCUT2D eigenvalue weighted by Crippen LogP contribution is 2.55. The molecule has 1 fully saturated rings. The molecule has 0 amide bonds. The second-order valence-electron chi connectivity index (χ2n) is 5.29. The van der Waals surface area contributed by atoms with E-state index in [4.69, 9.17) is 0 Å². The average Bonchev–Trinajstić information content (AvgIpc) is 3.08. The minimum atomic E-state index is -4.66. The highest BCUT2D eigenvalue weighted by Gasteiger charge is 2.63. The number of aliphatic hydroxyl groups is 1. The van der Waals surface area contributed by atoms with Crippen LogP contribution in [-0.2, 0) is 5.60 Å². The summed E-state index contributed by atoms with van der Waals surface area (Å²) >= 11 is 0. The first-order chi connectivity index (χ1) is 8.84. The molecule has 5 heteroatoms. The lowest BCUT2D eigenvalue weighted by Crippen LogP contribution is -2.44. The van der Waals surface area contributed by atoms with E-state index in [2.05, 4.69) is 4.98 Å². The molecule has 3 rings (SSSR count). The number of nitrogens with one attached hydrogen (secondary N) is 1. The molecule has 0 aliphatic heterocycles. The first kappa shape index (κ1) is 12.5. The van der Waals surface area contributed by atoms with E-state index in [1.807, 2.05) is 13.0 Å². The van der Waals surface area contributed by atoms with E-state index in [0.717, 1.165) is 5.56 Å². The molecule has 0 saturated heterocycles. The molecule has 1 aromatic heterocycles. The van der Waals surface area contributed by atoms with Gasteiger partial charge in [-0.1, -0.05) is 11.6 Å². The van der Waals surface area contributed by atoms with Crippen molar-refractivity contribution in [3.63, 3.8) is 0 Å². The summed E-state index contributed by atoms with van der Waals surface area (Å²) in [5.41, 5.74) is -1.31. The van der Waals surface area contributed by atoms with E-state index < -0.39 is 17.7 Å². The molecular formula is C14H14F3NO. The van der Waals surface area contributed by atoms with Gasteiger partial charge in [-0.2, -0.15) is 13.2 Å². The lowest BCUT2D eigenvalue weighted by atomic mass is 9.87. The van der Waals surface area contributed by atoms with Gasteiger partial charge in [0, 0.05) is 28.6 Å². The molecule has 0 spiro atoms. The van der Waals surface area contributed by atoms with Crippen molar-refractivity contribution in [2.45, 2.75) is 31.5 Å². The largest absolute Gasteiger partial charge is 0.421 e. The second-order valence-corrected chi connectivity index (χ2v) is 5.29. The minimum absolute atomic E-state index is 0.0544. The van der Waals surface area contributed by atoms with Crippen LogP contribution in [0.2, 0.25) is 0 Å². The van der Waals surface area contributed by atoms with E-state index >= 15 is 0 Å². The molecule has 0 bridgehead atoms. The van der Waals surface area contributed by atoms with Crippen molar-refractivity contribution in [1.82, 2.24) is 4.98 Å². The molecule has 1 atom stereocenters. The van der Waals surface area contributed by atoms with Crippen LogP contribution in [0.3, 0.4) is 0 Å². The Labute approximate surface area is 108 Å². The predicted molar refractivity (Wildman–Crippen MR) is 65.7 cm³/mol. The van der Waals surface area contributed by atoms with Crippen LogP contribution in [-0.4, -0.2) is 16.3 Å². The van der Waals surface area contributed by atoms with Crippen LogP contribution in [0.4, 0.5) is 13.2 Å². The number of halogens is 3. The van der Waals surface area contributed by atoms with Gasteiger partial charge in [0.15, 0.2) is 5.60 Å². The first-order valence-corrected chi connectivity index (χ1v) is 6.21. The van der Waals surface area contributed by atoms with Gasteiger partial charge < -0.3 is 10.1 Å². The number of alkyl halides is 3. The first-order valence-electron chi connectivity index (χ1n) is 6.21. The fraction of sp³-hybridized carbons (Fsp3) is 0.429. The molecule has 1 aliphatic carbocycles. The van der Waals surface area contributed by atoms with Crippen molar-refractivity contribution < 1.29 is 18.3 Å². The third kappa shape index (κ3) is 1.75. The molecule has 1 saturated carbocycles. The molecule has 102 valence electrons. The Bertz CT molecular complexity index is 627. The fourth-order valence-corrected chi connectivity index (χ4v) is 2.65. The van der Waals surface area contributed by atoms with Crippen molar-refractivity contribution in [3.8, 4) is 0 Å². The quantitative estimate of drug-likeness (QED) is 0.858. The van der Waals surface area contributed by atoms with Crippen LogP contribution in [0, 0.1) is 12.8 Å². The topological polar surface area (TPSA) is 36.0 Å². The monoisotopic (exact) mass is 269 g/mol. The molecule has 2 nitrogen and oxygen atoms in total. The summed E-state index contributed by atoms with van der Waals surface area (Å²) < 4.78 is 40.0. The van der Waals surface area contributed by atoms with Crippen molar-refractivity contribution in [2.24, 2.45) is 5.92 Å². The Morgan fingerprint density at radius 3 is 2.53 bits per heavy atom. The molecular weight excluding hydrogens is 255 g/mol. The number of benzene rings is 1. The van der Waals surface area contributed by atoms with Crippen LogP contribution in [0.15, 0.2) is 24.4 Å². The van der Waals surface area contributed by atoms with Crippen LogP contribution < -0.4 is 0 Å². The molecule has 1 aromatic carbocycles. The Morgan fingerprint density at radius 2 is 1.95 bits per heavy atom. The number of aromatic nitrogens is 1. The SMILES string of the molecule is Cc1ccc2[nH]cc(C(O)(C3CC3)C(F)(F)F)c2c1. The van der Waals surface area contributed by atoms with Crippen molar-refractivity contribution in [3.05, 3.63) is 35.5 Å². The summed E-state index contributed by atoms with van der Waals surface area (Å²) in [6.45, 7) is 1.82. The lowest BCUT2D eigenvalue weighted by molar-refractivity contribution is -0.274. The van der Waals surface area contributed by atoms with E-state index in [-0.39, 0.29) is 5.56 Å². The van der Waals surface area contributed by atoms with Gasteiger partial charge in [0.2, 0.25) is 0 Å². The number of fused-ring (bicyclic) bond motifs is 1. The van der Waals surface area contributed by atoms with E-state index in [1.165, 1.54) is 6.20 Å². The average molecular weight is 269 g/mol. The predicted octanol–water partition coefficient (Wildman–Crippen LogP) is 3.64. The van der Waals surface area contributed by atoms with Gasteiger partial charge in [-0.05, 0) is 31.9 Å². The highest BCUT2D eigenvalue weighted by atomic mass is 19.4. The van der Waals surface area contributed by atoms with Gasteiger partial charge in [0.1, 0.15) is 0 Å². The summed E-state index contributed by atoms with van der Waals surface area (Å²) in [4.78, 5) is 2.82. The van der Waals surface area contributed by atoms with Crippen molar-refractivity contribution in [2.75, 3.05) is 0 Å². The van der Waals surface area contributed by atoms with Gasteiger partial charge in [-0.25, -0.2) is 0 Å². The molecule has 1 heterocycles. The summed E-state index contributed by atoms with van der Waals surface area (Å²) in [5.74, 6) is -0.730. The number of hydrogen-bond donors (Lipinski definition) is 2. The number of rotatable bonds is 2. The van der Waals surface area contributed by atoms with Crippen LogP contribution >= 0.6 is 0 Å². The van der Waals surface area contributed by atoms with Crippen LogP contribution in [0.25, 0.3) is 10.9 Å².